The number of rotatable bonds is 5. The number of benzene rings is 2. The number of nitrogens with zero attached hydrogens (tertiary/aromatic N) is 2. The van der Waals surface area contributed by atoms with Gasteiger partial charge in [-0.25, -0.2) is 4.98 Å². The zero-order valence-electron chi connectivity index (χ0n) is 14.5. The van der Waals surface area contributed by atoms with E-state index in [0.717, 1.165) is 29.6 Å². The Labute approximate surface area is 153 Å². The number of aryl methyl sites for hydroxylation is 1. The summed E-state index contributed by atoms with van der Waals surface area (Å²) >= 11 is 1.68. The predicted molar refractivity (Wildman–Crippen MR) is 105 cm³/mol. The molecule has 1 aromatic heterocycles. The number of thiazole rings is 1. The van der Waals surface area contributed by atoms with Gasteiger partial charge in [0.25, 0.3) is 0 Å². The number of nitrogens with one attached hydrogen (secondary N) is 1. The molecule has 0 bridgehead atoms. The van der Waals surface area contributed by atoms with E-state index in [0.29, 0.717) is 6.04 Å². The van der Waals surface area contributed by atoms with Crippen molar-refractivity contribution in [1.29, 1.82) is 0 Å². The summed E-state index contributed by atoms with van der Waals surface area (Å²) in [5.74, 6) is 0. The normalized spacial score (nSPS) is 17.7. The summed E-state index contributed by atoms with van der Waals surface area (Å²) in [6.45, 7) is 4.17. The van der Waals surface area contributed by atoms with Crippen LogP contribution in [0.2, 0.25) is 0 Å². The molecular weight excluding hydrogens is 326 g/mol. The van der Waals surface area contributed by atoms with Crippen LogP contribution in [0.25, 0.3) is 0 Å². The average molecular weight is 350 g/mol. The van der Waals surface area contributed by atoms with Crippen molar-refractivity contribution in [2.24, 2.45) is 0 Å². The van der Waals surface area contributed by atoms with Crippen LogP contribution in [0.15, 0.2) is 60.0 Å². The number of hydrogen-bond acceptors (Lipinski definition) is 4. The summed E-state index contributed by atoms with van der Waals surface area (Å²) in [5.41, 5.74) is 4.94. The number of hydrogen-bond donors (Lipinski definition) is 1. The van der Waals surface area contributed by atoms with Crippen LogP contribution in [-0.2, 0) is 6.54 Å². The fourth-order valence-corrected chi connectivity index (χ4v) is 4.20. The highest BCUT2D eigenvalue weighted by Gasteiger charge is 2.26. The molecule has 1 saturated heterocycles. The maximum atomic E-state index is 4.79. The van der Waals surface area contributed by atoms with Gasteiger partial charge in [0.2, 0.25) is 0 Å². The van der Waals surface area contributed by atoms with E-state index < -0.39 is 0 Å². The predicted octanol–water partition coefficient (Wildman–Crippen LogP) is 5.53. The fraction of sp³-hybridized carbons (Fsp3) is 0.286. The van der Waals surface area contributed by atoms with Gasteiger partial charge in [0, 0.05) is 23.7 Å². The largest absolute Gasteiger partial charge is 0.332 e. The van der Waals surface area contributed by atoms with Gasteiger partial charge >= 0.3 is 0 Å². The molecule has 1 fully saturated rings. The molecule has 1 aliphatic heterocycles. The lowest BCUT2D eigenvalue weighted by Gasteiger charge is -2.23. The van der Waals surface area contributed by atoms with Crippen molar-refractivity contribution in [2.75, 3.05) is 11.9 Å². The monoisotopic (exact) mass is 349 g/mol. The van der Waals surface area contributed by atoms with Crippen LogP contribution < -0.4 is 5.32 Å². The number of aromatic nitrogens is 1. The molecule has 3 nitrogen and oxygen atoms in total. The molecule has 25 heavy (non-hydrogen) atoms. The molecule has 1 atom stereocenters. The highest BCUT2D eigenvalue weighted by molar-refractivity contribution is 7.13. The lowest BCUT2D eigenvalue weighted by molar-refractivity contribution is 0.246. The molecule has 3 aromatic rings. The van der Waals surface area contributed by atoms with E-state index in [1.54, 1.807) is 11.3 Å². The van der Waals surface area contributed by atoms with Gasteiger partial charge in [-0.3, -0.25) is 4.90 Å². The molecule has 2 aromatic carbocycles. The van der Waals surface area contributed by atoms with Gasteiger partial charge in [0.1, 0.15) is 0 Å². The van der Waals surface area contributed by atoms with Crippen LogP contribution >= 0.6 is 11.3 Å². The second-order valence-electron chi connectivity index (χ2n) is 6.67. The summed E-state index contributed by atoms with van der Waals surface area (Å²) < 4.78 is 0. The summed E-state index contributed by atoms with van der Waals surface area (Å²) in [7, 11) is 0. The summed E-state index contributed by atoms with van der Waals surface area (Å²) in [5, 5.41) is 6.55. The van der Waals surface area contributed by atoms with Gasteiger partial charge in [-0.05, 0) is 44.0 Å². The molecule has 1 unspecified atom stereocenters. The van der Waals surface area contributed by atoms with Crippen molar-refractivity contribution in [2.45, 2.75) is 32.4 Å². The Balaban J connectivity index is 1.43. The van der Waals surface area contributed by atoms with E-state index in [1.165, 1.54) is 24.0 Å². The first-order valence-electron chi connectivity index (χ1n) is 8.85. The number of likely N-dealkylation sites (tertiary alicyclic amines) is 1. The van der Waals surface area contributed by atoms with Crippen molar-refractivity contribution in [3.8, 4) is 0 Å². The molecule has 2 heterocycles. The van der Waals surface area contributed by atoms with E-state index in [4.69, 9.17) is 4.98 Å². The van der Waals surface area contributed by atoms with Crippen LogP contribution in [0.1, 0.15) is 35.7 Å². The Kier molecular flexibility index (Phi) is 4.81. The minimum atomic E-state index is 0.524. The van der Waals surface area contributed by atoms with E-state index in [9.17, 15) is 0 Å². The van der Waals surface area contributed by atoms with Gasteiger partial charge in [0.05, 0.1) is 5.69 Å². The minimum Gasteiger partial charge on any atom is -0.332 e. The third kappa shape index (κ3) is 3.91. The number of anilines is 2. The molecule has 0 aliphatic carbocycles. The molecule has 1 aliphatic rings. The first-order valence-corrected chi connectivity index (χ1v) is 9.73. The molecule has 0 spiro atoms. The van der Waals surface area contributed by atoms with Crippen LogP contribution in [0.4, 0.5) is 10.8 Å². The molecule has 4 heteroatoms. The molecule has 128 valence electrons. The maximum absolute atomic E-state index is 4.79. The topological polar surface area (TPSA) is 28.2 Å². The van der Waals surface area contributed by atoms with Gasteiger partial charge in [-0.2, -0.15) is 0 Å². The van der Waals surface area contributed by atoms with Gasteiger partial charge in [0.15, 0.2) is 5.13 Å². The van der Waals surface area contributed by atoms with Crippen LogP contribution in [0.3, 0.4) is 0 Å². The highest BCUT2D eigenvalue weighted by atomic mass is 32.1. The maximum Gasteiger partial charge on any atom is 0.187 e. The molecule has 0 radical (unpaired) electrons. The van der Waals surface area contributed by atoms with Gasteiger partial charge < -0.3 is 5.32 Å². The van der Waals surface area contributed by atoms with Crippen molar-refractivity contribution >= 4 is 22.2 Å². The Morgan fingerprint density at radius 1 is 1.12 bits per heavy atom. The third-order valence-electron chi connectivity index (χ3n) is 4.77. The minimum absolute atomic E-state index is 0.524. The summed E-state index contributed by atoms with van der Waals surface area (Å²) in [6.07, 6.45) is 2.50. The first kappa shape index (κ1) is 16.3. The molecule has 0 saturated carbocycles. The highest BCUT2D eigenvalue weighted by Crippen LogP contribution is 2.33. The van der Waals surface area contributed by atoms with E-state index in [1.807, 2.05) is 0 Å². The van der Waals surface area contributed by atoms with Crippen LogP contribution in [-0.4, -0.2) is 16.4 Å². The zero-order chi connectivity index (χ0) is 17.1. The standard InChI is InChI=1S/C21H23N3S/c1-16-9-11-18(12-10-16)22-21-23-19(15-25-21)14-24-13-5-8-20(24)17-6-3-2-4-7-17/h2-4,6-7,9-12,15,20H,5,8,13-14H2,1H3,(H,22,23). The first-order chi connectivity index (χ1) is 12.3. The SMILES string of the molecule is Cc1ccc(Nc2nc(CN3CCCC3c3ccccc3)cs2)cc1. The van der Waals surface area contributed by atoms with Crippen molar-refractivity contribution in [3.63, 3.8) is 0 Å². The molecule has 4 rings (SSSR count). The van der Waals surface area contributed by atoms with Crippen molar-refractivity contribution in [1.82, 2.24) is 9.88 Å². The lowest BCUT2D eigenvalue weighted by atomic mass is 10.0. The third-order valence-corrected chi connectivity index (χ3v) is 5.57. The zero-order valence-corrected chi connectivity index (χ0v) is 15.3. The smallest absolute Gasteiger partial charge is 0.187 e. The molecule has 1 N–H and O–H groups in total. The van der Waals surface area contributed by atoms with Crippen LogP contribution in [0.5, 0.6) is 0 Å². The van der Waals surface area contributed by atoms with E-state index >= 15 is 0 Å². The summed E-state index contributed by atoms with van der Waals surface area (Å²) in [4.78, 5) is 7.34. The van der Waals surface area contributed by atoms with Crippen molar-refractivity contribution in [3.05, 3.63) is 76.8 Å². The second kappa shape index (κ2) is 7.38. The molecule has 0 amide bonds. The lowest BCUT2D eigenvalue weighted by Crippen LogP contribution is -2.22. The molecular formula is C21H23N3S. The Morgan fingerprint density at radius 2 is 1.92 bits per heavy atom. The fourth-order valence-electron chi connectivity index (χ4n) is 3.47. The van der Waals surface area contributed by atoms with Crippen LogP contribution in [0, 0.1) is 6.92 Å². The van der Waals surface area contributed by atoms with Gasteiger partial charge in [-0.15, -0.1) is 11.3 Å². The van der Waals surface area contributed by atoms with E-state index in [2.05, 4.69) is 77.1 Å². The Hall–Kier alpha value is -2.17. The van der Waals surface area contributed by atoms with Crippen molar-refractivity contribution < 1.29 is 0 Å². The van der Waals surface area contributed by atoms with Gasteiger partial charge in [-0.1, -0.05) is 48.0 Å². The second-order valence-corrected chi connectivity index (χ2v) is 7.53. The average Bonchev–Trinajstić information content (AvgIpc) is 3.28. The quantitative estimate of drug-likeness (QED) is 0.656. The Bertz CT molecular complexity index is 811. The van der Waals surface area contributed by atoms with E-state index in [-0.39, 0.29) is 0 Å². The summed E-state index contributed by atoms with van der Waals surface area (Å²) in [6, 6.07) is 19.8. The Morgan fingerprint density at radius 3 is 2.72 bits per heavy atom.